The van der Waals surface area contributed by atoms with Crippen LogP contribution in [0.2, 0.25) is 0 Å². The molecule has 0 bridgehead atoms. The van der Waals surface area contributed by atoms with Crippen molar-refractivity contribution in [1.82, 2.24) is 4.98 Å². The second-order valence-corrected chi connectivity index (χ2v) is 12.3. The first kappa shape index (κ1) is 24.7. The van der Waals surface area contributed by atoms with Crippen LogP contribution in [0.1, 0.15) is 51.3 Å². The van der Waals surface area contributed by atoms with Crippen LogP contribution in [0.25, 0.3) is 55.4 Å². The zero-order chi connectivity index (χ0) is 28.0. The van der Waals surface area contributed by atoms with Gasteiger partial charge in [0.25, 0.3) is 0 Å². The molecule has 6 aromatic rings. The third-order valence-corrected chi connectivity index (χ3v) is 8.43. The topological polar surface area (TPSA) is 26.0 Å². The second kappa shape index (κ2) is 8.34. The molecule has 2 aromatic heterocycles. The first-order valence-corrected chi connectivity index (χ1v) is 13.6. The molecule has 0 unspecified atom stereocenters. The third-order valence-electron chi connectivity index (χ3n) is 8.43. The molecule has 0 saturated heterocycles. The molecule has 0 atom stereocenters. The summed E-state index contributed by atoms with van der Waals surface area (Å²) in [5, 5.41) is 1.69. The van der Waals surface area contributed by atoms with Gasteiger partial charge in [-0.3, -0.25) is 4.98 Å². The highest BCUT2D eigenvalue weighted by Crippen LogP contribution is 2.50. The number of aromatic nitrogens is 1. The van der Waals surface area contributed by atoms with Gasteiger partial charge in [0.2, 0.25) is 0 Å². The van der Waals surface area contributed by atoms with E-state index in [1.807, 2.05) is 45.0 Å². The molecule has 1 aliphatic carbocycles. The normalized spacial score (nSPS) is 14.1. The molecule has 198 valence electrons. The molecular weight excluding hydrogens is 500 g/mol. The Morgan fingerprint density at radius 2 is 1.43 bits per heavy atom. The van der Waals surface area contributed by atoms with Gasteiger partial charge in [0.15, 0.2) is 0 Å². The van der Waals surface area contributed by atoms with Crippen LogP contribution >= 0.6 is 0 Å². The molecule has 2 nitrogen and oxygen atoms in total. The molecule has 0 N–H and O–H groups in total. The zero-order valence-electron chi connectivity index (χ0n) is 23.2. The van der Waals surface area contributed by atoms with E-state index < -0.39 is 0 Å². The molecular formula is C36H29F2NO. The number of hydrogen-bond donors (Lipinski definition) is 0. The minimum Gasteiger partial charge on any atom is -0.455 e. The van der Waals surface area contributed by atoms with Crippen LogP contribution in [0.5, 0.6) is 0 Å². The Bertz CT molecular complexity index is 1990. The summed E-state index contributed by atoms with van der Waals surface area (Å²) in [6, 6.07) is 25.6. The molecule has 0 saturated carbocycles. The van der Waals surface area contributed by atoms with E-state index in [0.717, 1.165) is 21.9 Å². The first-order valence-electron chi connectivity index (χ1n) is 13.6. The minimum atomic E-state index is -0.388. The smallest absolute Gasteiger partial charge is 0.146 e. The van der Waals surface area contributed by atoms with Gasteiger partial charge in [0.05, 0.1) is 17.5 Å². The molecule has 4 aromatic carbocycles. The van der Waals surface area contributed by atoms with E-state index in [0.29, 0.717) is 28.0 Å². The monoisotopic (exact) mass is 529 g/mol. The Hall–Kier alpha value is -4.31. The molecule has 0 fully saturated rings. The molecule has 0 spiro atoms. The van der Waals surface area contributed by atoms with Crippen LogP contribution in [-0.2, 0) is 10.8 Å². The fourth-order valence-corrected chi connectivity index (χ4v) is 6.33. The average Bonchev–Trinajstić information content (AvgIpc) is 3.41. The van der Waals surface area contributed by atoms with Crippen molar-refractivity contribution < 1.29 is 13.2 Å². The number of rotatable bonds is 2. The largest absolute Gasteiger partial charge is 0.455 e. The average molecular weight is 530 g/mol. The Kier molecular flexibility index (Phi) is 5.16. The van der Waals surface area contributed by atoms with Gasteiger partial charge in [-0.25, -0.2) is 8.78 Å². The van der Waals surface area contributed by atoms with E-state index in [1.54, 1.807) is 12.1 Å². The van der Waals surface area contributed by atoms with Crippen LogP contribution in [0.3, 0.4) is 0 Å². The number of benzene rings is 4. The van der Waals surface area contributed by atoms with E-state index >= 15 is 4.39 Å². The molecule has 2 heterocycles. The van der Waals surface area contributed by atoms with Gasteiger partial charge in [-0.2, -0.15) is 0 Å². The van der Waals surface area contributed by atoms with E-state index in [1.165, 1.54) is 34.5 Å². The summed E-state index contributed by atoms with van der Waals surface area (Å²) in [6.07, 6.45) is 1.27. The van der Waals surface area contributed by atoms with Gasteiger partial charge in [0, 0.05) is 21.8 Å². The summed E-state index contributed by atoms with van der Waals surface area (Å²) in [7, 11) is 0. The van der Waals surface area contributed by atoms with Crippen molar-refractivity contribution in [3.8, 4) is 33.5 Å². The Morgan fingerprint density at radius 3 is 2.23 bits per heavy atom. The van der Waals surface area contributed by atoms with Gasteiger partial charge in [-0.05, 0) is 69.1 Å². The lowest BCUT2D eigenvalue weighted by Crippen LogP contribution is -2.14. The number of para-hydroxylation sites is 1. The van der Waals surface area contributed by atoms with Gasteiger partial charge in [-0.1, -0.05) is 83.1 Å². The Balaban J connectivity index is 1.45. The molecule has 40 heavy (non-hydrogen) atoms. The van der Waals surface area contributed by atoms with Gasteiger partial charge in [-0.15, -0.1) is 0 Å². The molecule has 0 aliphatic heterocycles. The fourth-order valence-electron chi connectivity index (χ4n) is 6.33. The van der Waals surface area contributed by atoms with Crippen LogP contribution in [-0.4, -0.2) is 4.98 Å². The lowest BCUT2D eigenvalue weighted by molar-refractivity contribution is 0.519. The zero-order valence-corrected chi connectivity index (χ0v) is 23.2. The number of halogens is 2. The van der Waals surface area contributed by atoms with E-state index in [9.17, 15) is 4.39 Å². The van der Waals surface area contributed by atoms with Crippen molar-refractivity contribution in [2.24, 2.45) is 0 Å². The van der Waals surface area contributed by atoms with Crippen LogP contribution in [0.4, 0.5) is 8.78 Å². The summed E-state index contributed by atoms with van der Waals surface area (Å²) < 4.78 is 36.9. The van der Waals surface area contributed by atoms with Crippen molar-refractivity contribution in [1.29, 1.82) is 0 Å². The van der Waals surface area contributed by atoms with Crippen LogP contribution in [0.15, 0.2) is 89.5 Å². The number of furan rings is 1. The summed E-state index contributed by atoms with van der Waals surface area (Å²) >= 11 is 0. The van der Waals surface area contributed by atoms with E-state index in [-0.39, 0.29) is 22.5 Å². The first-order chi connectivity index (χ1) is 19.1. The third kappa shape index (κ3) is 3.48. The quantitative estimate of drug-likeness (QED) is 0.223. The van der Waals surface area contributed by atoms with Crippen molar-refractivity contribution in [2.75, 3.05) is 0 Å². The minimum absolute atomic E-state index is 0.202. The predicted molar refractivity (Wildman–Crippen MR) is 159 cm³/mol. The van der Waals surface area contributed by atoms with Gasteiger partial charge < -0.3 is 4.42 Å². The molecule has 0 amide bonds. The molecule has 0 radical (unpaired) electrons. The van der Waals surface area contributed by atoms with Crippen molar-refractivity contribution in [2.45, 2.75) is 45.4 Å². The Labute approximate surface area is 232 Å². The second-order valence-electron chi connectivity index (χ2n) is 12.3. The number of hydrogen-bond acceptors (Lipinski definition) is 2. The number of fused-ring (bicyclic) bond motifs is 6. The Morgan fingerprint density at radius 1 is 0.700 bits per heavy atom. The predicted octanol–water partition coefficient (Wildman–Crippen LogP) is 10.2. The van der Waals surface area contributed by atoms with Gasteiger partial charge in [0.1, 0.15) is 22.8 Å². The summed E-state index contributed by atoms with van der Waals surface area (Å²) in [4.78, 5) is 4.41. The van der Waals surface area contributed by atoms with E-state index in [4.69, 9.17) is 4.42 Å². The van der Waals surface area contributed by atoms with Gasteiger partial charge >= 0.3 is 0 Å². The lowest BCUT2D eigenvalue weighted by Gasteiger charge is -2.22. The highest BCUT2D eigenvalue weighted by atomic mass is 19.1. The number of pyridine rings is 1. The van der Waals surface area contributed by atoms with Crippen molar-refractivity contribution >= 4 is 21.9 Å². The maximum absolute atomic E-state index is 15.7. The fraction of sp³-hybridized carbons (Fsp3) is 0.194. The highest BCUT2D eigenvalue weighted by Gasteiger charge is 2.35. The molecule has 1 aliphatic rings. The molecule has 4 heteroatoms. The van der Waals surface area contributed by atoms with Crippen LogP contribution in [0, 0.1) is 11.6 Å². The standard InChI is InChI=1S/C36H29F2NO/c1-35(2,3)28-18-31(39-19-30(28)38)25-11-8-10-23-24-15-16-29(37)32(34(24)40-33(23)25)20-13-14-22-21-9-6-7-12-26(21)36(4,5)27(22)17-20/h6-19H,1-5H3. The van der Waals surface area contributed by atoms with Crippen molar-refractivity contribution in [3.05, 3.63) is 113 Å². The summed E-state index contributed by atoms with van der Waals surface area (Å²) in [5.41, 5.74) is 8.53. The lowest BCUT2D eigenvalue weighted by atomic mass is 9.81. The summed E-state index contributed by atoms with van der Waals surface area (Å²) in [6.45, 7) is 10.4. The highest BCUT2D eigenvalue weighted by molar-refractivity contribution is 6.13. The number of nitrogens with zero attached hydrogens (tertiary/aromatic N) is 1. The van der Waals surface area contributed by atoms with Crippen LogP contribution < -0.4 is 0 Å². The van der Waals surface area contributed by atoms with E-state index in [2.05, 4.69) is 55.2 Å². The van der Waals surface area contributed by atoms with Crippen molar-refractivity contribution in [3.63, 3.8) is 0 Å². The SMILES string of the molecule is CC(C)(C)c1cc(-c2cccc3c2oc2c(-c4ccc5c(c4)C(C)(C)c4ccccc4-5)c(F)ccc23)ncc1F. The summed E-state index contributed by atoms with van der Waals surface area (Å²) in [5.74, 6) is -0.671. The maximum Gasteiger partial charge on any atom is 0.146 e. The molecule has 7 rings (SSSR count). The maximum atomic E-state index is 15.7.